The van der Waals surface area contributed by atoms with Crippen molar-refractivity contribution in [1.29, 1.82) is 0 Å². The Balaban J connectivity index is 1.24. The lowest BCUT2D eigenvalue weighted by Crippen LogP contribution is -2.50. The zero-order valence-electron chi connectivity index (χ0n) is 30.6. The molecule has 0 spiro atoms. The van der Waals surface area contributed by atoms with Gasteiger partial charge in [-0.05, 0) is 79.0 Å². The SMILES string of the molecule is CN1CCN(c2ccc(C(=O)Nc3n[nH]c4ccc(C(COCc5ccccc5)c5cc(F)cc(F)c5)cc34)c(N(C(=O)C(F)(F)F)C3CCOCC3)c2)CC1. The molecule has 294 valence electrons. The molecule has 5 aromatic rings. The minimum atomic E-state index is -5.21. The lowest BCUT2D eigenvalue weighted by Gasteiger charge is -2.37. The quantitative estimate of drug-likeness (QED) is 0.136. The van der Waals surface area contributed by atoms with Crippen molar-refractivity contribution >= 4 is 39.9 Å². The molecule has 10 nitrogen and oxygen atoms in total. The van der Waals surface area contributed by atoms with Gasteiger partial charge >= 0.3 is 12.1 Å². The summed E-state index contributed by atoms with van der Waals surface area (Å²) in [5.41, 5.74) is 2.62. The van der Waals surface area contributed by atoms with Gasteiger partial charge in [0, 0.05) is 68.5 Å². The van der Waals surface area contributed by atoms with Crippen LogP contribution in [0.25, 0.3) is 10.9 Å². The van der Waals surface area contributed by atoms with E-state index in [2.05, 4.69) is 20.4 Å². The molecule has 0 aliphatic carbocycles. The van der Waals surface area contributed by atoms with E-state index in [4.69, 9.17) is 9.47 Å². The van der Waals surface area contributed by atoms with Crippen LogP contribution in [0, 0.1) is 11.6 Å². The first-order valence-electron chi connectivity index (χ1n) is 18.4. The fourth-order valence-electron chi connectivity index (χ4n) is 7.27. The second kappa shape index (κ2) is 16.8. The number of halogens is 5. The summed E-state index contributed by atoms with van der Waals surface area (Å²) in [6.45, 7) is 3.30. The van der Waals surface area contributed by atoms with Gasteiger partial charge in [0.15, 0.2) is 5.82 Å². The molecular formula is C41H41F5N6O4. The van der Waals surface area contributed by atoms with Crippen LogP contribution in [0.4, 0.5) is 39.1 Å². The molecule has 0 bridgehead atoms. The number of likely N-dealkylation sites (N-methyl/N-ethyl adjacent to an activating group) is 1. The van der Waals surface area contributed by atoms with Gasteiger partial charge in [-0.25, -0.2) is 8.78 Å². The van der Waals surface area contributed by atoms with Gasteiger partial charge in [0.2, 0.25) is 0 Å². The van der Waals surface area contributed by atoms with Gasteiger partial charge in [-0.3, -0.25) is 14.7 Å². The molecule has 2 N–H and O–H groups in total. The van der Waals surface area contributed by atoms with Crippen molar-refractivity contribution in [2.24, 2.45) is 0 Å². The number of hydrogen-bond acceptors (Lipinski definition) is 7. The largest absolute Gasteiger partial charge is 0.471 e. The van der Waals surface area contributed by atoms with Gasteiger partial charge in [-0.2, -0.15) is 18.3 Å². The number of benzene rings is 4. The van der Waals surface area contributed by atoms with Crippen molar-refractivity contribution in [1.82, 2.24) is 15.1 Å². The van der Waals surface area contributed by atoms with Crippen LogP contribution >= 0.6 is 0 Å². The van der Waals surface area contributed by atoms with Gasteiger partial charge in [-0.15, -0.1) is 0 Å². The van der Waals surface area contributed by atoms with E-state index in [1.807, 2.05) is 42.3 Å². The molecule has 2 amide bonds. The maximum atomic E-state index is 14.5. The Kier molecular flexibility index (Phi) is 11.6. The number of alkyl halides is 3. The summed E-state index contributed by atoms with van der Waals surface area (Å²) >= 11 is 0. The van der Waals surface area contributed by atoms with Gasteiger partial charge in [0.05, 0.1) is 30.0 Å². The standard InChI is InChI=1S/C41H41F5N6O4/c1-50-13-15-51(16-14-50)32-8-9-33(37(23-32)52(40(54)41(44,45)46)31-11-17-55-18-12-31)39(53)47-38-34-21-27(7-10-36(34)48-49-38)35(28-19-29(42)22-30(43)20-28)25-56-24-26-5-3-2-4-6-26/h2-10,19-23,31,35H,11-18,24-25H2,1H3,(H2,47,48,49,53). The molecule has 2 saturated heterocycles. The number of H-pyrrole nitrogens is 1. The Morgan fingerprint density at radius 3 is 2.34 bits per heavy atom. The van der Waals surface area contributed by atoms with Crippen molar-refractivity contribution in [3.63, 3.8) is 0 Å². The number of nitrogens with one attached hydrogen (secondary N) is 2. The van der Waals surface area contributed by atoms with E-state index in [-0.39, 0.29) is 56.3 Å². The number of anilines is 3. The lowest BCUT2D eigenvalue weighted by molar-refractivity contribution is -0.171. The minimum absolute atomic E-state index is 0.0567. The van der Waals surface area contributed by atoms with Gasteiger partial charge in [0.25, 0.3) is 5.91 Å². The molecule has 2 aliphatic rings. The predicted octanol–water partition coefficient (Wildman–Crippen LogP) is 7.27. The number of aromatic nitrogens is 2. The first-order valence-corrected chi connectivity index (χ1v) is 18.4. The fraction of sp³-hybridized carbons (Fsp3) is 0.341. The van der Waals surface area contributed by atoms with Crippen LogP contribution in [0.15, 0.2) is 84.9 Å². The molecular weight excluding hydrogens is 735 g/mol. The van der Waals surface area contributed by atoms with Crippen molar-refractivity contribution < 1.29 is 41.0 Å². The van der Waals surface area contributed by atoms with Gasteiger partial charge in [-0.1, -0.05) is 36.4 Å². The van der Waals surface area contributed by atoms with Crippen LogP contribution in [0.2, 0.25) is 0 Å². The number of carbonyl (C=O) groups is 2. The van der Waals surface area contributed by atoms with Crippen LogP contribution < -0.4 is 15.1 Å². The van der Waals surface area contributed by atoms with E-state index >= 15 is 0 Å². The first-order chi connectivity index (χ1) is 26.9. The monoisotopic (exact) mass is 776 g/mol. The topological polar surface area (TPSA) is 103 Å². The molecule has 1 unspecified atom stereocenters. The fourth-order valence-corrected chi connectivity index (χ4v) is 7.27. The molecule has 1 atom stereocenters. The Morgan fingerprint density at radius 1 is 0.929 bits per heavy atom. The summed E-state index contributed by atoms with van der Waals surface area (Å²) in [7, 11) is 1.98. The molecule has 7 rings (SSSR count). The molecule has 2 fully saturated rings. The van der Waals surface area contributed by atoms with Crippen molar-refractivity contribution in [3.8, 4) is 0 Å². The number of aromatic amines is 1. The third-order valence-corrected chi connectivity index (χ3v) is 10.3. The molecule has 56 heavy (non-hydrogen) atoms. The predicted molar refractivity (Wildman–Crippen MR) is 202 cm³/mol. The van der Waals surface area contributed by atoms with Crippen LogP contribution in [0.5, 0.6) is 0 Å². The molecule has 3 heterocycles. The highest BCUT2D eigenvalue weighted by molar-refractivity contribution is 6.13. The van der Waals surface area contributed by atoms with E-state index in [0.717, 1.165) is 24.7 Å². The second-order valence-corrected chi connectivity index (χ2v) is 14.1. The van der Waals surface area contributed by atoms with Crippen LogP contribution in [-0.2, 0) is 20.9 Å². The number of fused-ring (bicyclic) bond motifs is 1. The summed E-state index contributed by atoms with van der Waals surface area (Å²) < 4.78 is 83.3. The van der Waals surface area contributed by atoms with Crippen LogP contribution in [0.3, 0.4) is 0 Å². The summed E-state index contributed by atoms with van der Waals surface area (Å²) in [5, 5.41) is 10.4. The van der Waals surface area contributed by atoms with Crippen molar-refractivity contribution in [2.45, 2.75) is 37.6 Å². The summed E-state index contributed by atoms with van der Waals surface area (Å²) in [5.74, 6) is -4.93. The summed E-state index contributed by atoms with van der Waals surface area (Å²) in [6, 6.07) is 21.6. The molecule has 0 radical (unpaired) electrons. The number of hydrogen-bond donors (Lipinski definition) is 2. The second-order valence-electron chi connectivity index (χ2n) is 14.1. The van der Waals surface area contributed by atoms with Crippen molar-refractivity contribution in [2.75, 3.05) is 68.2 Å². The van der Waals surface area contributed by atoms with E-state index in [1.165, 1.54) is 24.3 Å². The van der Waals surface area contributed by atoms with E-state index in [9.17, 15) is 31.5 Å². The van der Waals surface area contributed by atoms with Crippen LogP contribution in [0.1, 0.15) is 45.8 Å². The normalized spacial score (nSPS) is 16.2. The number of carbonyl (C=O) groups excluding carboxylic acids is 2. The third kappa shape index (κ3) is 8.85. The average Bonchev–Trinajstić information content (AvgIpc) is 3.58. The summed E-state index contributed by atoms with van der Waals surface area (Å²) in [6.07, 6.45) is -4.91. The van der Waals surface area contributed by atoms with Crippen molar-refractivity contribution in [3.05, 3.63) is 119 Å². The Labute approximate surface area is 320 Å². The van der Waals surface area contributed by atoms with Gasteiger partial charge < -0.3 is 29.5 Å². The van der Waals surface area contributed by atoms with Crippen LogP contribution in [-0.4, -0.2) is 92.2 Å². The highest BCUT2D eigenvalue weighted by Gasteiger charge is 2.46. The number of nitrogens with zero attached hydrogens (tertiary/aromatic N) is 4. The third-order valence-electron chi connectivity index (χ3n) is 10.3. The first kappa shape index (κ1) is 38.9. The zero-order valence-corrected chi connectivity index (χ0v) is 30.6. The average molecular weight is 777 g/mol. The molecule has 15 heteroatoms. The Morgan fingerprint density at radius 2 is 1.64 bits per heavy atom. The smallest absolute Gasteiger partial charge is 0.381 e. The van der Waals surface area contributed by atoms with E-state index < -0.39 is 41.6 Å². The highest BCUT2D eigenvalue weighted by atomic mass is 19.4. The highest BCUT2D eigenvalue weighted by Crippen LogP contribution is 2.36. The maximum absolute atomic E-state index is 14.5. The molecule has 4 aromatic carbocycles. The zero-order chi connectivity index (χ0) is 39.4. The van der Waals surface area contributed by atoms with Gasteiger partial charge in [0.1, 0.15) is 11.6 Å². The summed E-state index contributed by atoms with van der Waals surface area (Å²) in [4.78, 5) is 32.3. The Hall–Kier alpha value is -5.38. The number of rotatable bonds is 11. The molecule has 2 aliphatic heterocycles. The lowest BCUT2D eigenvalue weighted by atomic mass is 9.91. The van der Waals surface area contributed by atoms with E-state index in [0.29, 0.717) is 45.7 Å². The molecule has 1 aromatic heterocycles. The molecule has 0 saturated carbocycles. The number of amides is 2. The number of piperazine rings is 1. The Bertz CT molecular complexity index is 2150. The van der Waals surface area contributed by atoms with E-state index in [1.54, 1.807) is 24.3 Å². The minimum Gasteiger partial charge on any atom is -0.381 e. The maximum Gasteiger partial charge on any atom is 0.471 e. The number of ether oxygens (including phenoxy) is 2.